The fourth-order valence-corrected chi connectivity index (χ4v) is 2.45. The molecule has 0 bridgehead atoms. The molecule has 0 aliphatic heterocycles. The number of nitrogens with one attached hydrogen (secondary N) is 1. The minimum Gasteiger partial charge on any atom is -0.464 e. The van der Waals surface area contributed by atoms with Crippen LogP contribution in [0.4, 0.5) is 0 Å². The summed E-state index contributed by atoms with van der Waals surface area (Å²) in [5, 5.41) is 11.5. The first-order valence-corrected chi connectivity index (χ1v) is 10.1. The molecule has 0 fully saturated rings. The number of benzene rings is 1. The van der Waals surface area contributed by atoms with E-state index in [1.165, 1.54) is 18.7 Å². The van der Waals surface area contributed by atoms with Crippen LogP contribution in [-0.4, -0.2) is 54.5 Å². The third-order valence-electron chi connectivity index (χ3n) is 3.00. The lowest BCUT2D eigenvalue weighted by molar-refractivity contribution is -0.757. The Balaban J connectivity index is 0.000000668. The molecule has 1 unspecified atom stereocenters. The van der Waals surface area contributed by atoms with Gasteiger partial charge in [0.25, 0.3) is 5.09 Å². The number of amides is 1. The Morgan fingerprint density at radius 1 is 1.29 bits per heavy atom. The fraction of sp³-hybridized carbons (Fsp3) is 0.471. The van der Waals surface area contributed by atoms with Gasteiger partial charge in [0.1, 0.15) is 12.3 Å². The van der Waals surface area contributed by atoms with E-state index in [1.807, 2.05) is 6.26 Å². The van der Waals surface area contributed by atoms with Crippen molar-refractivity contribution in [3.05, 3.63) is 39.9 Å². The van der Waals surface area contributed by atoms with Gasteiger partial charge in [0.15, 0.2) is 0 Å². The van der Waals surface area contributed by atoms with Crippen molar-refractivity contribution < 1.29 is 29.0 Å². The monoisotopic (exact) mass is 432 g/mol. The van der Waals surface area contributed by atoms with Crippen LogP contribution in [0.5, 0.6) is 0 Å². The van der Waals surface area contributed by atoms with Gasteiger partial charge in [-0.25, -0.2) is 4.79 Å². The van der Waals surface area contributed by atoms with Gasteiger partial charge in [-0.05, 0) is 31.2 Å². The first-order chi connectivity index (χ1) is 13.3. The highest BCUT2D eigenvalue weighted by Gasteiger charge is 2.20. The molecule has 11 heteroatoms. The molecule has 156 valence electrons. The van der Waals surface area contributed by atoms with E-state index < -0.39 is 17.1 Å². The second-order valence-electron chi connectivity index (χ2n) is 5.35. The topological polar surface area (TPSA) is 125 Å². The summed E-state index contributed by atoms with van der Waals surface area (Å²) in [5.74, 6) is -0.363. The smallest absolute Gasteiger partial charge is 0.329 e. The van der Waals surface area contributed by atoms with Crippen LogP contribution in [0, 0.1) is 10.1 Å². The van der Waals surface area contributed by atoms with Crippen LogP contribution in [0.3, 0.4) is 0 Å². The van der Waals surface area contributed by atoms with E-state index in [0.717, 1.165) is 11.2 Å². The largest absolute Gasteiger partial charge is 0.464 e. The average molecular weight is 433 g/mol. The molecule has 0 aliphatic carbocycles. The zero-order chi connectivity index (χ0) is 21.4. The molecule has 9 nitrogen and oxygen atoms in total. The zero-order valence-electron chi connectivity index (χ0n) is 15.7. The normalized spacial score (nSPS) is 10.7. The molecule has 0 saturated carbocycles. The predicted octanol–water partition coefficient (Wildman–Crippen LogP) is 2.17. The number of carbonyl (C=O) groups is 3. The minimum absolute atomic E-state index is 0.0233. The number of hydrogen-bond acceptors (Lipinski definition) is 9. The summed E-state index contributed by atoms with van der Waals surface area (Å²) in [6.07, 6.45) is 3.51. The van der Waals surface area contributed by atoms with E-state index in [4.69, 9.17) is 4.74 Å². The second kappa shape index (κ2) is 15.8. The predicted molar refractivity (Wildman–Crippen MR) is 108 cm³/mol. The van der Waals surface area contributed by atoms with E-state index in [2.05, 4.69) is 22.8 Å². The molecule has 1 amide bonds. The maximum absolute atomic E-state index is 11.6. The van der Waals surface area contributed by atoms with Crippen LogP contribution in [0.1, 0.15) is 30.1 Å². The lowest BCUT2D eigenvalue weighted by Gasteiger charge is -2.15. The van der Waals surface area contributed by atoms with Gasteiger partial charge in [-0.2, -0.15) is 11.8 Å². The van der Waals surface area contributed by atoms with Gasteiger partial charge in [-0.1, -0.05) is 12.1 Å². The standard InChI is InChI=1S/C10H18N2O6S.C7H6OS/c1-8(13)11-9(7-19-2)10(14)17-5-3-4-6-18-12(15)16;8-5-6-1-3-7(9)4-2-6/h9H,3-7H2,1-2H3,(H,11,13);1-5,9H. The average Bonchev–Trinajstić information content (AvgIpc) is 2.64. The molecule has 0 aromatic heterocycles. The Morgan fingerprint density at radius 3 is 2.39 bits per heavy atom. The molecule has 1 N–H and O–H groups in total. The number of aldehydes is 1. The van der Waals surface area contributed by atoms with Crippen molar-refractivity contribution in [1.29, 1.82) is 0 Å². The van der Waals surface area contributed by atoms with Crippen LogP contribution >= 0.6 is 24.4 Å². The molecule has 0 aliphatic rings. The zero-order valence-corrected chi connectivity index (χ0v) is 17.4. The van der Waals surface area contributed by atoms with Crippen LogP contribution in [0.25, 0.3) is 0 Å². The van der Waals surface area contributed by atoms with Crippen molar-refractivity contribution in [3.8, 4) is 0 Å². The van der Waals surface area contributed by atoms with E-state index in [9.17, 15) is 24.5 Å². The highest BCUT2D eigenvalue weighted by molar-refractivity contribution is 7.98. The Kier molecular flexibility index (Phi) is 14.5. The summed E-state index contributed by atoms with van der Waals surface area (Å²) in [5.41, 5.74) is 0.688. The van der Waals surface area contributed by atoms with E-state index in [1.54, 1.807) is 24.3 Å². The summed E-state index contributed by atoms with van der Waals surface area (Å²) in [6, 6.07) is 6.37. The highest BCUT2D eigenvalue weighted by atomic mass is 32.2. The van der Waals surface area contributed by atoms with Gasteiger partial charge < -0.3 is 14.9 Å². The van der Waals surface area contributed by atoms with Gasteiger partial charge in [0, 0.05) is 23.1 Å². The van der Waals surface area contributed by atoms with Gasteiger partial charge in [-0.3, -0.25) is 9.59 Å². The molecular formula is C17H24N2O7S2. The number of esters is 1. The number of ether oxygens (including phenoxy) is 1. The Hall–Kier alpha value is -2.27. The first-order valence-electron chi connectivity index (χ1n) is 8.24. The number of rotatable bonds is 11. The van der Waals surface area contributed by atoms with E-state index in [0.29, 0.717) is 24.2 Å². The maximum Gasteiger partial charge on any atom is 0.329 e. The molecule has 1 aromatic rings. The second-order valence-corrected chi connectivity index (χ2v) is 6.78. The van der Waals surface area contributed by atoms with Crippen LogP contribution in [0.15, 0.2) is 29.2 Å². The number of thioether (sulfide) groups is 1. The van der Waals surface area contributed by atoms with Gasteiger partial charge >= 0.3 is 5.97 Å². The quantitative estimate of drug-likeness (QED) is 0.136. The Labute approximate surface area is 173 Å². The Morgan fingerprint density at radius 2 is 1.89 bits per heavy atom. The molecule has 0 saturated heterocycles. The van der Waals surface area contributed by atoms with Crippen molar-refractivity contribution in [3.63, 3.8) is 0 Å². The number of nitrogens with zero attached hydrogens (tertiary/aromatic N) is 1. The van der Waals surface area contributed by atoms with Gasteiger partial charge in [-0.15, -0.1) is 22.7 Å². The minimum atomic E-state index is -0.864. The fourth-order valence-electron chi connectivity index (χ4n) is 1.75. The molecule has 0 radical (unpaired) electrons. The van der Waals surface area contributed by atoms with E-state index in [-0.39, 0.29) is 19.1 Å². The maximum atomic E-state index is 11.6. The van der Waals surface area contributed by atoms with Crippen LogP contribution in [-0.2, 0) is 19.2 Å². The third-order valence-corrected chi connectivity index (χ3v) is 3.97. The van der Waals surface area contributed by atoms with Crippen molar-refractivity contribution >= 4 is 42.6 Å². The summed E-state index contributed by atoms with van der Waals surface area (Å²) in [4.78, 5) is 47.5. The van der Waals surface area contributed by atoms with Crippen molar-refractivity contribution in [2.24, 2.45) is 0 Å². The molecular weight excluding hydrogens is 408 g/mol. The molecule has 1 atom stereocenters. The van der Waals surface area contributed by atoms with Crippen molar-refractivity contribution in [1.82, 2.24) is 5.32 Å². The van der Waals surface area contributed by atoms with Gasteiger partial charge in [0.05, 0.1) is 13.2 Å². The lowest BCUT2D eigenvalue weighted by Crippen LogP contribution is -2.42. The summed E-state index contributed by atoms with van der Waals surface area (Å²) in [6.45, 7) is 1.45. The highest BCUT2D eigenvalue weighted by Crippen LogP contribution is 2.05. The molecule has 28 heavy (non-hydrogen) atoms. The third kappa shape index (κ3) is 13.9. The van der Waals surface area contributed by atoms with Crippen LogP contribution in [0.2, 0.25) is 0 Å². The number of hydrogen-bond donors (Lipinski definition) is 2. The van der Waals surface area contributed by atoms with Crippen LogP contribution < -0.4 is 5.32 Å². The first kappa shape index (κ1) is 25.7. The lowest BCUT2D eigenvalue weighted by atomic mass is 10.2. The molecule has 0 spiro atoms. The van der Waals surface area contributed by atoms with Crippen molar-refractivity contribution in [2.75, 3.05) is 25.2 Å². The van der Waals surface area contributed by atoms with Gasteiger partial charge in [0.2, 0.25) is 5.91 Å². The van der Waals surface area contributed by atoms with E-state index >= 15 is 0 Å². The molecule has 1 aromatic carbocycles. The summed E-state index contributed by atoms with van der Waals surface area (Å²) < 4.78 is 4.97. The number of carbonyl (C=O) groups excluding carboxylic acids is 3. The van der Waals surface area contributed by atoms with Crippen molar-refractivity contribution in [2.45, 2.75) is 30.7 Å². The summed E-state index contributed by atoms with van der Waals surface area (Å²) >= 11 is 5.47. The molecule has 0 heterocycles. The Bertz CT molecular complexity index is 626. The molecule has 1 rings (SSSR count). The number of thiol groups is 1. The number of unbranched alkanes of at least 4 members (excludes halogenated alkanes) is 1. The SMILES string of the molecule is CSCC(NC(C)=O)C(=O)OCCCCO[N+](=O)[O-].O=Cc1ccc(S)cc1. The summed E-state index contributed by atoms with van der Waals surface area (Å²) in [7, 11) is 0.